The van der Waals surface area contributed by atoms with Gasteiger partial charge in [0.25, 0.3) is 5.56 Å². The standard InChI is InChI=1S/C9H15ClN4O/c1-11-4-5-13(2)7-6-12-14(3)9(15)8(7)10/h6,11H,4-5H2,1-3H3. The van der Waals surface area contributed by atoms with E-state index in [1.165, 1.54) is 4.68 Å². The Kier molecular flexibility index (Phi) is 4.11. The summed E-state index contributed by atoms with van der Waals surface area (Å²) in [6.45, 7) is 1.59. The number of aryl methyl sites for hydroxylation is 1. The molecule has 1 heterocycles. The second-order valence-corrected chi connectivity index (χ2v) is 3.68. The van der Waals surface area contributed by atoms with Crippen LogP contribution >= 0.6 is 11.6 Å². The summed E-state index contributed by atoms with van der Waals surface area (Å²) < 4.78 is 1.22. The lowest BCUT2D eigenvalue weighted by atomic mass is 10.4. The molecule has 0 amide bonds. The van der Waals surface area contributed by atoms with Gasteiger partial charge in [-0.25, -0.2) is 4.68 Å². The quantitative estimate of drug-likeness (QED) is 0.797. The van der Waals surface area contributed by atoms with Gasteiger partial charge in [-0.3, -0.25) is 4.79 Å². The molecule has 6 heteroatoms. The third kappa shape index (κ3) is 2.70. The fourth-order valence-electron chi connectivity index (χ4n) is 1.17. The normalized spacial score (nSPS) is 10.4. The van der Waals surface area contributed by atoms with Crippen molar-refractivity contribution < 1.29 is 0 Å². The molecule has 0 saturated carbocycles. The van der Waals surface area contributed by atoms with Crippen LogP contribution < -0.4 is 15.8 Å². The Hall–Kier alpha value is -1.07. The Labute approximate surface area is 93.6 Å². The average Bonchev–Trinajstić information content (AvgIpc) is 2.23. The number of nitrogens with zero attached hydrogens (tertiary/aromatic N) is 3. The van der Waals surface area contributed by atoms with Crippen molar-refractivity contribution in [2.45, 2.75) is 0 Å². The van der Waals surface area contributed by atoms with Gasteiger partial charge in [0.15, 0.2) is 0 Å². The minimum absolute atomic E-state index is 0.214. The first-order valence-corrected chi connectivity index (χ1v) is 5.03. The summed E-state index contributed by atoms with van der Waals surface area (Å²) in [7, 11) is 5.32. The maximum Gasteiger partial charge on any atom is 0.287 e. The van der Waals surface area contributed by atoms with Gasteiger partial charge in [0.1, 0.15) is 5.02 Å². The van der Waals surface area contributed by atoms with Crippen molar-refractivity contribution in [1.82, 2.24) is 15.1 Å². The third-order valence-corrected chi connectivity index (χ3v) is 2.52. The van der Waals surface area contributed by atoms with E-state index in [1.807, 2.05) is 19.0 Å². The van der Waals surface area contributed by atoms with E-state index in [0.29, 0.717) is 5.69 Å². The molecule has 1 rings (SSSR count). The van der Waals surface area contributed by atoms with Gasteiger partial charge in [0.05, 0.1) is 11.9 Å². The van der Waals surface area contributed by atoms with E-state index in [4.69, 9.17) is 11.6 Å². The number of anilines is 1. The molecular weight excluding hydrogens is 216 g/mol. The molecule has 0 aliphatic heterocycles. The van der Waals surface area contributed by atoms with Crippen molar-refractivity contribution in [2.75, 3.05) is 32.1 Å². The number of nitrogens with one attached hydrogen (secondary N) is 1. The van der Waals surface area contributed by atoms with Gasteiger partial charge in [-0.1, -0.05) is 11.6 Å². The van der Waals surface area contributed by atoms with Gasteiger partial charge < -0.3 is 10.2 Å². The topological polar surface area (TPSA) is 50.2 Å². The van der Waals surface area contributed by atoms with Crippen LogP contribution in [0, 0.1) is 0 Å². The van der Waals surface area contributed by atoms with Crippen molar-refractivity contribution in [3.8, 4) is 0 Å². The van der Waals surface area contributed by atoms with Crippen LogP contribution in [-0.2, 0) is 7.05 Å². The Morgan fingerprint density at radius 1 is 1.67 bits per heavy atom. The second kappa shape index (κ2) is 5.14. The van der Waals surface area contributed by atoms with Gasteiger partial charge in [0.2, 0.25) is 0 Å². The Bertz CT molecular complexity index is 390. The van der Waals surface area contributed by atoms with E-state index in [9.17, 15) is 4.79 Å². The SMILES string of the molecule is CNCCN(C)c1cnn(C)c(=O)c1Cl. The number of aromatic nitrogens is 2. The van der Waals surface area contributed by atoms with Gasteiger partial charge in [-0.2, -0.15) is 5.10 Å². The van der Waals surface area contributed by atoms with Crippen LogP contribution in [0.15, 0.2) is 11.0 Å². The minimum Gasteiger partial charge on any atom is -0.371 e. The summed E-state index contributed by atoms with van der Waals surface area (Å²) >= 11 is 5.94. The van der Waals surface area contributed by atoms with Gasteiger partial charge >= 0.3 is 0 Å². The first kappa shape index (κ1) is 12.0. The fraction of sp³-hybridized carbons (Fsp3) is 0.556. The third-order valence-electron chi connectivity index (χ3n) is 2.17. The van der Waals surface area contributed by atoms with Crippen LogP contribution in [0.25, 0.3) is 0 Å². The number of rotatable bonds is 4. The fourth-order valence-corrected chi connectivity index (χ4v) is 1.48. The smallest absolute Gasteiger partial charge is 0.287 e. The molecule has 0 aliphatic rings. The number of hydrogen-bond acceptors (Lipinski definition) is 4. The summed E-state index contributed by atoms with van der Waals surface area (Å²) in [6.07, 6.45) is 1.60. The maximum absolute atomic E-state index is 11.5. The van der Waals surface area contributed by atoms with Crippen LogP contribution in [0.2, 0.25) is 5.02 Å². The molecule has 0 saturated heterocycles. The molecule has 5 nitrogen and oxygen atoms in total. The highest BCUT2D eigenvalue weighted by Crippen LogP contribution is 2.18. The van der Waals surface area contributed by atoms with Gasteiger partial charge in [-0.05, 0) is 7.05 Å². The lowest BCUT2D eigenvalue weighted by Gasteiger charge is -2.19. The highest BCUT2D eigenvalue weighted by molar-refractivity contribution is 6.32. The summed E-state index contributed by atoms with van der Waals surface area (Å²) in [4.78, 5) is 13.4. The molecule has 0 atom stereocenters. The average molecular weight is 231 g/mol. The number of likely N-dealkylation sites (N-methyl/N-ethyl adjacent to an activating group) is 2. The lowest BCUT2D eigenvalue weighted by molar-refractivity contribution is 0.700. The Morgan fingerprint density at radius 3 is 2.93 bits per heavy atom. The Balaban J connectivity index is 2.95. The molecule has 1 aromatic heterocycles. The molecule has 0 aromatic carbocycles. The zero-order valence-corrected chi connectivity index (χ0v) is 9.88. The van der Waals surface area contributed by atoms with Crippen LogP contribution in [0.5, 0.6) is 0 Å². The molecule has 0 unspecified atom stereocenters. The van der Waals surface area contributed by atoms with Crippen LogP contribution in [0.3, 0.4) is 0 Å². The number of halogens is 1. The van der Waals surface area contributed by atoms with Gasteiger partial charge in [0, 0.05) is 27.2 Å². The van der Waals surface area contributed by atoms with Crippen molar-refractivity contribution in [3.63, 3.8) is 0 Å². The molecule has 0 bridgehead atoms. The summed E-state index contributed by atoms with van der Waals surface area (Å²) in [5, 5.41) is 7.17. The summed E-state index contributed by atoms with van der Waals surface area (Å²) in [5.74, 6) is 0. The second-order valence-electron chi connectivity index (χ2n) is 3.30. The largest absolute Gasteiger partial charge is 0.371 e. The van der Waals surface area contributed by atoms with Crippen molar-refractivity contribution >= 4 is 17.3 Å². The van der Waals surface area contributed by atoms with Crippen LogP contribution in [-0.4, -0.2) is 37.0 Å². The van der Waals surface area contributed by atoms with E-state index in [1.54, 1.807) is 13.2 Å². The molecule has 0 spiro atoms. The first-order valence-electron chi connectivity index (χ1n) is 4.65. The zero-order valence-electron chi connectivity index (χ0n) is 9.12. The van der Waals surface area contributed by atoms with E-state index in [2.05, 4.69) is 10.4 Å². The summed E-state index contributed by atoms with van der Waals surface area (Å²) in [5.41, 5.74) is 0.389. The molecule has 0 fully saturated rings. The number of hydrogen-bond donors (Lipinski definition) is 1. The van der Waals surface area contributed by atoms with Crippen molar-refractivity contribution in [2.24, 2.45) is 7.05 Å². The monoisotopic (exact) mass is 230 g/mol. The Morgan fingerprint density at radius 2 is 2.33 bits per heavy atom. The molecule has 1 N–H and O–H groups in total. The molecule has 0 aliphatic carbocycles. The minimum atomic E-state index is -0.273. The van der Waals surface area contributed by atoms with E-state index in [-0.39, 0.29) is 10.6 Å². The van der Waals surface area contributed by atoms with Crippen molar-refractivity contribution in [3.05, 3.63) is 21.6 Å². The first-order chi connectivity index (χ1) is 7.07. The molecule has 1 aromatic rings. The van der Waals surface area contributed by atoms with E-state index in [0.717, 1.165) is 13.1 Å². The lowest BCUT2D eigenvalue weighted by Crippen LogP contribution is -2.30. The molecule has 0 radical (unpaired) electrons. The maximum atomic E-state index is 11.5. The van der Waals surface area contributed by atoms with Crippen LogP contribution in [0.1, 0.15) is 0 Å². The predicted octanol–water partition coefficient (Wildman–Crippen LogP) is 0.0893. The molecular formula is C9H15ClN4O. The molecule has 84 valence electrons. The highest BCUT2D eigenvalue weighted by atomic mass is 35.5. The van der Waals surface area contributed by atoms with E-state index < -0.39 is 0 Å². The van der Waals surface area contributed by atoms with Gasteiger partial charge in [-0.15, -0.1) is 0 Å². The van der Waals surface area contributed by atoms with E-state index >= 15 is 0 Å². The highest BCUT2D eigenvalue weighted by Gasteiger charge is 2.10. The van der Waals surface area contributed by atoms with Crippen LogP contribution in [0.4, 0.5) is 5.69 Å². The predicted molar refractivity (Wildman–Crippen MR) is 61.7 cm³/mol. The van der Waals surface area contributed by atoms with Crippen molar-refractivity contribution in [1.29, 1.82) is 0 Å². The summed E-state index contributed by atoms with van der Waals surface area (Å²) in [6, 6.07) is 0. The zero-order chi connectivity index (χ0) is 11.4. The molecule has 15 heavy (non-hydrogen) atoms.